The first-order chi connectivity index (χ1) is 17.9. The molecule has 0 spiro atoms. The summed E-state index contributed by atoms with van der Waals surface area (Å²) < 4.78 is 3.56. The molecule has 0 atom stereocenters. The Labute approximate surface area is 221 Å². The van der Waals surface area contributed by atoms with Gasteiger partial charge >= 0.3 is 0 Å². The second kappa shape index (κ2) is 12.5. The van der Waals surface area contributed by atoms with E-state index < -0.39 is 0 Å². The molecule has 0 aliphatic rings. The SMILES string of the molecule is CCN(CC)CCn1cc(CC(=O)c2cccc(-n3cc(CC(=O)Nc4ccccc4Cl)cn3)c2)cn1. The van der Waals surface area contributed by atoms with Gasteiger partial charge in [0.2, 0.25) is 5.91 Å². The minimum Gasteiger partial charge on any atom is -0.324 e. The number of benzene rings is 2. The van der Waals surface area contributed by atoms with Gasteiger partial charge in [-0.15, -0.1) is 0 Å². The Morgan fingerprint density at radius 1 is 0.946 bits per heavy atom. The van der Waals surface area contributed by atoms with Gasteiger partial charge in [0.15, 0.2) is 5.78 Å². The number of likely N-dealkylation sites (N-methyl/N-ethyl adjacent to an activating group) is 1. The third-order valence-electron chi connectivity index (χ3n) is 6.17. The van der Waals surface area contributed by atoms with Crippen LogP contribution >= 0.6 is 11.6 Å². The van der Waals surface area contributed by atoms with Crippen LogP contribution in [0.5, 0.6) is 0 Å². The number of para-hydroxylation sites is 1. The van der Waals surface area contributed by atoms with Gasteiger partial charge in [0, 0.05) is 30.9 Å². The van der Waals surface area contributed by atoms with Crippen molar-refractivity contribution >= 4 is 29.0 Å². The lowest BCUT2D eigenvalue weighted by Gasteiger charge is -2.17. The lowest BCUT2D eigenvalue weighted by atomic mass is 10.0. The Morgan fingerprint density at radius 2 is 1.70 bits per heavy atom. The van der Waals surface area contributed by atoms with Gasteiger partial charge in [0.1, 0.15) is 0 Å². The highest BCUT2D eigenvalue weighted by Crippen LogP contribution is 2.21. The molecule has 2 heterocycles. The average Bonchev–Trinajstić information content (AvgIpc) is 3.56. The molecule has 1 N–H and O–H groups in total. The molecular weight excluding hydrogens is 488 g/mol. The van der Waals surface area contributed by atoms with Gasteiger partial charge in [0.05, 0.1) is 41.8 Å². The monoisotopic (exact) mass is 518 g/mol. The van der Waals surface area contributed by atoms with Crippen molar-refractivity contribution in [2.24, 2.45) is 0 Å². The van der Waals surface area contributed by atoms with E-state index in [4.69, 9.17) is 11.6 Å². The van der Waals surface area contributed by atoms with Gasteiger partial charge in [-0.05, 0) is 48.5 Å². The van der Waals surface area contributed by atoms with Crippen LogP contribution in [0.2, 0.25) is 5.02 Å². The molecule has 0 unspecified atom stereocenters. The maximum Gasteiger partial charge on any atom is 0.228 e. The largest absolute Gasteiger partial charge is 0.324 e. The van der Waals surface area contributed by atoms with Crippen LogP contribution in [-0.4, -0.2) is 55.8 Å². The van der Waals surface area contributed by atoms with Crippen LogP contribution in [0, 0.1) is 0 Å². The number of hydrogen-bond donors (Lipinski definition) is 1. The Hall–Kier alpha value is -3.75. The van der Waals surface area contributed by atoms with E-state index in [2.05, 4.69) is 34.3 Å². The minimum absolute atomic E-state index is 0.0108. The zero-order valence-corrected chi connectivity index (χ0v) is 21.9. The van der Waals surface area contributed by atoms with Crippen LogP contribution in [0.3, 0.4) is 0 Å². The molecule has 8 nitrogen and oxygen atoms in total. The van der Waals surface area contributed by atoms with Crippen molar-refractivity contribution in [3.63, 3.8) is 0 Å². The first kappa shape index (κ1) is 26.3. The molecule has 2 aromatic carbocycles. The number of hydrogen-bond acceptors (Lipinski definition) is 5. The molecule has 9 heteroatoms. The van der Waals surface area contributed by atoms with E-state index in [1.165, 1.54) is 0 Å². The summed E-state index contributed by atoms with van der Waals surface area (Å²) in [6, 6.07) is 14.4. The van der Waals surface area contributed by atoms with E-state index in [0.717, 1.165) is 43.0 Å². The molecular formula is C28H31ClN6O2. The molecule has 192 valence electrons. The quantitative estimate of drug-likeness (QED) is 0.275. The second-order valence-electron chi connectivity index (χ2n) is 8.79. The van der Waals surface area contributed by atoms with Gasteiger partial charge in [0.25, 0.3) is 0 Å². The Balaban J connectivity index is 1.36. The number of halogens is 1. The number of nitrogens with one attached hydrogen (secondary N) is 1. The molecule has 0 aliphatic carbocycles. The van der Waals surface area contributed by atoms with Crippen LogP contribution < -0.4 is 5.32 Å². The summed E-state index contributed by atoms with van der Waals surface area (Å²) in [7, 11) is 0. The van der Waals surface area contributed by atoms with Crippen molar-refractivity contribution in [3.8, 4) is 5.69 Å². The standard InChI is InChI=1S/C28H31ClN6O2/c1-3-33(4-2)12-13-34-19-21(17-30-34)14-27(36)23-8-7-9-24(16-23)35-20-22(18-31-35)15-28(37)32-26-11-6-5-10-25(26)29/h5-11,16-20H,3-4,12-15H2,1-2H3,(H,32,37). The van der Waals surface area contributed by atoms with E-state index in [1.807, 2.05) is 41.2 Å². The van der Waals surface area contributed by atoms with Gasteiger partial charge < -0.3 is 10.2 Å². The summed E-state index contributed by atoms with van der Waals surface area (Å²) in [6.45, 7) is 8.03. The van der Waals surface area contributed by atoms with Gasteiger partial charge in [-0.25, -0.2) is 4.68 Å². The Kier molecular flexibility index (Phi) is 8.87. The average molecular weight is 519 g/mol. The first-order valence-corrected chi connectivity index (χ1v) is 12.8. The van der Waals surface area contributed by atoms with Crippen molar-refractivity contribution in [2.75, 3.05) is 25.0 Å². The van der Waals surface area contributed by atoms with Crippen LogP contribution in [0.1, 0.15) is 35.3 Å². The summed E-state index contributed by atoms with van der Waals surface area (Å²) in [6.07, 6.45) is 7.57. The number of aromatic nitrogens is 4. The zero-order chi connectivity index (χ0) is 26.2. The molecule has 4 rings (SSSR count). The number of amides is 1. The third kappa shape index (κ3) is 7.15. The molecule has 4 aromatic rings. The Bertz CT molecular complexity index is 1360. The number of anilines is 1. The van der Waals surface area contributed by atoms with Gasteiger partial charge in [-0.3, -0.25) is 14.3 Å². The molecule has 1 amide bonds. The predicted octanol–water partition coefficient (Wildman–Crippen LogP) is 4.67. The van der Waals surface area contributed by atoms with Crippen molar-refractivity contribution in [2.45, 2.75) is 33.2 Å². The van der Waals surface area contributed by atoms with Crippen molar-refractivity contribution in [3.05, 3.63) is 95.0 Å². The molecule has 0 bridgehead atoms. The first-order valence-electron chi connectivity index (χ1n) is 12.4. The minimum atomic E-state index is -0.186. The van der Waals surface area contributed by atoms with E-state index in [0.29, 0.717) is 16.3 Å². The number of rotatable bonds is 12. The van der Waals surface area contributed by atoms with Gasteiger partial charge in [-0.2, -0.15) is 10.2 Å². The molecule has 2 aromatic heterocycles. The van der Waals surface area contributed by atoms with E-state index >= 15 is 0 Å². The van der Waals surface area contributed by atoms with Crippen molar-refractivity contribution in [1.29, 1.82) is 0 Å². The predicted molar refractivity (Wildman–Crippen MR) is 145 cm³/mol. The summed E-state index contributed by atoms with van der Waals surface area (Å²) in [5, 5.41) is 12.1. The summed E-state index contributed by atoms with van der Waals surface area (Å²) >= 11 is 6.12. The maximum absolute atomic E-state index is 13.0. The van der Waals surface area contributed by atoms with E-state index in [9.17, 15) is 9.59 Å². The highest BCUT2D eigenvalue weighted by atomic mass is 35.5. The van der Waals surface area contributed by atoms with Crippen LogP contribution in [0.15, 0.2) is 73.3 Å². The molecule has 0 fully saturated rings. The lowest BCUT2D eigenvalue weighted by molar-refractivity contribution is -0.115. The molecule has 0 saturated heterocycles. The summed E-state index contributed by atoms with van der Waals surface area (Å²) in [4.78, 5) is 27.8. The van der Waals surface area contributed by atoms with Crippen molar-refractivity contribution < 1.29 is 9.59 Å². The molecule has 0 saturated carbocycles. The Morgan fingerprint density at radius 3 is 2.49 bits per heavy atom. The summed E-state index contributed by atoms with van der Waals surface area (Å²) in [5.41, 5.74) is 3.56. The zero-order valence-electron chi connectivity index (χ0n) is 21.1. The van der Waals surface area contributed by atoms with E-state index in [1.54, 1.807) is 41.5 Å². The lowest BCUT2D eigenvalue weighted by Crippen LogP contribution is -2.27. The van der Waals surface area contributed by atoms with Crippen molar-refractivity contribution in [1.82, 2.24) is 24.5 Å². The van der Waals surface area contributed by atoms with Crippen LogP contribution in [0.25, 0.3) is 5.69 Å². The highest BCUT2D eigenvalue weighted by Gasteiger charge is 2.12. The third-order valence-corrected chi connectivity index (χ3v) is 6.50. The fourth-order valence-corrected chi connectivity index (χ4v) is 4.23. The maximum atomic E-state index is 13.0. The second-order valence-corrected chi connectivity index (χ2v) is 9.19. The van der Waals surface area contributed by atoms with E-state index in [-0.39, 0.29) is 24.5 Å². The molecule has 0 aliphatic heterocycles. The highest BCUT2D eigenvalue weighted by molar-refractivity contribution is 6.33. The number of nitrogens with zero attached hydrogens (tertiary/aromatic N) is 5. The smallest absolute Gasteiger partial charge is 0.228 e. The number of carbonyl (C=O) groups excluding carboxylic acids is 2. The topological polar surface area (TPSA) is 85.0 Å². The van der Waals surface area contributed by atoms with Gasteiger partial charge in [-0.1, -0.05) is 49.7 Å². The summed E-state index contributed by atoms with van der Waals surface area (Å²) in [5.74, 6) is -0.175. The number of carbonyl (C=O) groups is 2. The normalized spacial score (nSPS) is 11.1. The van der Waals surface area contributed by atoms with Crippen LogP contribution in [-0.2, 0) is 24.2 Å². The molecule has 37 heavy (non-hydrogen) atoms. The molecule has 0 radical (unpaired) electrons. The number of ketones is 1. The number of Topliss-reactive ketones (excluding diaryl/α,β-unsaturated/α-hetero) is 1. The fourth-order valence-electron chi connectivity index (χ4n) is 4.05. The van der Waals surface area contributed by atoms with Crippen LogP contribution in [0.4, 0.5) is 5.69 Å². The fraction of sp³-hybridized carbons (Fsp3) is 0.286.